The van der Waals surface area contributed by atoms with Crippen molar-refractivity contribution in [2.75, 3.05) is 5.32 Å². The summed E-state index contributed by atoms with van der Waals surface area (Å²) in [4.78, 5) is 25.9. The van der Waals surface area contributed by atoms with E-state index in [2.05, 4.69) is 10.5 Å². The summed E-state index contributed by atoms with van der Waals surface area (Å²) in [6.45, 7) is 5.73. The quantitative estimate of drug-likeness (QED) is 0.311. The van der Waals surface area contributed by atoms with Gasteiger partial charge in [0, 0.05) is 7.05 Å². The van der Waals surface area contributed by atoms with Gasteiger partial charge in [0.1, 0.15) is 35.4 Å². The Morgan fingerprint density at radius 1 is 1.14 bits per heavy atom. The Morgan fingerprint density at radius 2 is 1.83 bits per heavy atom. The topological polar surface area (TPSA) is 115 Å². The lowest BCUT2D eigenvalue weighted by Gasteiger charge is -2.07. The Bertz CT molecular complexity index is 1510. The molecule has 0 saturated carbocycles. The number of para-hydroxylation sites is 1. The third-order valence-electron chi connectivity index (χ3n) is 5.91. The van der Waals surface area contributed by atoms with E-state index in [1.54, 1.807) is 55.1 Å². The van der Waals surface area contributed by atoms with Crippen LogP contribution in [0.1, 0.15) is 28.3 Å². The van der Waals surface area contributed by atoms with E-state index in [0.29, 0.717) is 35.1 Å². The normalized spacial score (nSPS) is 11.2. The molecule has 0 aliphatic heterocycles. The van der Waals surface area contributed by atoms with E-state index in [1.807, 2.05) is 38.1 Å². The van der Waals surface area contributed by atoms with Gasteiger partial charge >= 0.3 is 0 Å². The predicted molar refractivity (Wildman–Crippen MR) is 135 cm³/mol. The first-order valence-electron chi connectivity index (χ1n) is 11.2. The SMILES string of the molecule is Cc1noc(C)c1COc1ccc(/C=C(\C#N)C(=O)Nc2c(C)n(C)n(-c3ccccc3)c2=O)cc1. The molecule has 4 aromatic rings. The third kappa shape index (κ3) is 4.83. The molecule has 0 aliphatic rings. The van der Waals surface area contributed by atoms with Crippen molar-refractivity contribution in [3.05, 3.63) is 98.8 Å². The maximum absolute atomic E-state index is 13.0. The van der Waals surface area contributed by atoms with Crippen LogP contribution in [-0.2, 0) is 18.4 Å². The highest BCUT2D eigenvalue weighted by molar-refractivity contribution is 6.09. The van der Waals surface area contributed by atoms with Crippen LogP contribution in [0.5, 0.6) is 5.75 Å². The van der Waals surface area contributed by atoms with Gasteiger partial charge in [0.25, 0.3) is 11.5 Å². The van der Waals surface area contributed by atoms with E-state index in [4.69, 9.17) is 9.26 Å². The van der Waals surface area contributed by atoms with Crippen LogP contribution in [0.4, 0.5) is 5.69 Å². The largest absolute Gasteiger partial charge is 0.489 e. The Kier molecular flexibility index (Phi) is 6.88. The van der Waals surface area contributed by atoms with Crippen molar-refractivity contribution in [2.24, 2.45) is 7.05 Å². The summed E-state index contributed by atoms with van der Waals surface area (Å²) < 4.78 is 14.1. The number of benzene rings is 2. The highest BCUT2D eigenvalue weighted by Crippen LogP contribution is 2.20. The number of carbonyl (C=O) groups excluding carboxylic acids is 1. The molecular weight excluding hydrogens is 458 g/mol. The fourth-order valence-electron chi connectivity index (χ4n) is 3.73. The summed E-state index contributed by atoms with van der Waals surface area (Å²) in [6.07, 6.45) is 1.46. The summed E-state index contributed by atoms with van der Waals surface area (Å²) in [5.41, 5.74) is 3.15. The van der Waals surface area contributed by atoms with E-state index in [0.717, 1.165) is 11.3 Å². The van der Waals surface area contributed by atoms with Gasteiger partial charge in [0.15, 0.2) is 0 Å². The minimum absolute atomic E-state index is 0.121. The number of nitrogens with one attached hydrogen (secondary N) is 1. The lowest BCUT2D eigenvalue weighted by Crippen LogP contribution is -2.23. The molecule has 2 aromatic carbocycles. The molecule has 0 saturated heterocycles. The van der Waals surface area contributed by atoms with Crippen molar-refractivity contribution in [2.45, 2.75) is 27.4 Å². The molecule has 2 heterocycles. The van der Waals surface area contributed by atoms with Gasteiger partial charge < -0.3 is 14.6 Å². The first-order valence-corrected chi connectivity index (χ1v) is 11.2. The number of amides is 1. The van der Waals surface area contributed by atoms with Gasteiger partial charge in [-0.05, 0) is 56.7 Å². The van der Waals surface area contributed by atoms with Gasteiger partial charge in [-0.2, -0.15) is 5.26 Å². The molecule has 4 rings (SSSR count). The standard InChI is InChI=1S/C27H25N5O4/c1-17-24(19(3)36-30-17)16-35-23-12-10-20(11-13-23)14-21(15-28)26(33)29-25-18(2)31(4)32(27(25)34)22-8-6-5-7-9-22/h5-14H,16H2,1-4H3,(H,29,33)/b21-14+. The second kappa shape index (κ2) is 10.2. The number of carbonyl (C=O) groups is 1. The van der Waals surface area contributed by atoms with Crippen molar-refractivity contribution in [1.29, 1.82) is 5.26 Å². The summed E-state index contributed by atoms with van der Waals surface area (Å²) in [7, 11) is 1.73. The van der Waals surface area contributed by atoms with Crippen LogP contribution in [-0.4, -0.2) is 20.4 Å². The Morgan fingerprint density at radius 3 is 2.44 bits per heavy atom. The molecule has 9 nitrogen and oxygen atoms in total. The van der Waals surface area contributed by atoms with Crippen molar-refractivity contribution >= 4 is 17.7 Å². The fraction of sp³-hybridized carbons (Fsp3) is 0.185. The molecule has 1 amide bonds. The van der Waals surface area contributed by atoms with Crippen LogP contribution in [0, 0.1) is 32.1 Å². The number of nitrogens with zero attached hydrogens (tertiary/aromatic N) is 4. The number of hydrogen-bond donors (Lipinski definition) is 1. The van der Waals surface area contributed by atoms with Gasteiger partial charge in [0.2, 0.25) is 0 Å². The summed E-state index contributed by atoms with van der Waals surface area (Å²) in [6, 6.07) is 18.0. The third-order valence-corrected chi connectivity index (χ3v) is 5.91. The van der Waals surface area contributed by atoms with Gasteiger partial charge in [-0.15, -0.1) is 0 Å². The lowest BCUT2D eigenvalue weighted by molar-refractivity contribution is -0.112. The molecule has 0 radical (unpaired) electrons. The average molecular weight is 484 g/mol. The molecule has 1 N–H and O–H groups in total. The van der Waals surface area contributed by atoms with Crippen LogP contribution in [0.25, 0.3) is 11.8 Å². The number of anilines is 1. The second-order valence-corrected chi connectivity index (χ2v) is 8.22. The Labute approximate surface area is 207 Å². The highest BCUT2D eigenvalue weighted by atomic mass is 16.5. The molecule has 9 heteroatoms. The predicted octanol–water partition coefficient (Wildman–Crippen LogP) is 4.21. The summed E-state index contributed by atoms with van der Waals surface area (Å²) in [5, 5.41) is 16.1. The van der Waals surface area contributed by atoms with Gasteiger partial charge in [-0.3, -0.25) is 14.3 Å². The number of rotatable bonds is 7. The molecule has 0 fully saturated rings. The molecule has 0 unspecified atom stereocenters. The van der Waals surface area contributed by atoms with Crippen LogP contribution in [0.2, 0.25) is 0 Å². The Balaban J connectivity index is 1.50. The van der Waals surface area contributed by atoms with Gasteiger partial charge in [0.05, 0.1) is 22.6 Å². The molecule has 182 valence electrons. The minimum Gasteiger partial charge on any atom is -0.489 e. The number of nitriles is 1. The molecule has 0 spiro atoms. The molecular formula is C27H25N5O4. The highest BCUT2D eigenvalue weighted by Gasteiger charge is 2.20. The van der Waals surface area contributed by atoms with Crippen LogP contribution < -0.4 is 15.6 Å². The van der Waals surface area contributed by atoms with E-state index in [1.165, 1.54) is 10.8 Å². The number of aromatic nitrogens is 3. The van der Waals surface area contributed by atoms with E-state index in [9.17, 15) is 14.9 Å². The zero-order chi connectivity index (χ0) is 25.8. The second-order valence-electron chi connectivity index (χ2n) is 8.22. The van der Waals surface area contributed by atoms with Crippen molar-refractivity contribution < 1.29 is 14.1 Å². The van der Waals surface area contributed by atoms with Crippen LogP contribution in [0.15, 0.2) is 69.5 Å². The minimum atomic E-state index is -0.665. The maximum Gasteiger partial charge on any atom is 0.295 e. The molecule has 2 aromatic heterocycles. The number of ether oxygens (including phenoxy) is 1. The van der Waals surface area contributed by atoms with E-state index in [-0.39, 0.29) is 16.8 Å². The van der Waals surface area contributed by atoms with Crippen molar-refractivity contribution in [3.63, 3.8) is 0 Å². The smallest absolute Gasteiger partial charge is 0.295 e. The van der Waals surface area contributed by atoms with Gasteiger partial charge in [-0.25, -0.2) is 4.68 Å². The first-order chi connectivity index (χ1) is 17.3. The molecule has 0 bridgehead atoms. The first kappa shape index (κ1) is 24.3. The van der Waals surface area contributed by atoms with Crippen LogP contribution >= 0.6 is 0 Å². The lowest BCUT2D eigenvalue weighted by atomic mass is 10.1. The van der Waals surface area contributed by atoms with Crippen molar-refractivity contribution in [3.8, 4) is 17.5 Å². The summed E-state index contributed by atoms with van der Waals surface area (Å²) in [5.74, 6) is 0.666. The average Bonchev–Trinajstić information content (AvgIpc) is 3.31. The fourth-order valence-corrected chi connectivity index (χ4v) is 3.73. The molecule has 36 heavy (non-hydrogen) atoms. The monoisotopic (exact) mass is 483 g/mol. The molecule has 0 aliphatic carbocycles. The van der Waals surface area contributed by atoms with E-state index >= 15 is 0 Å². The van der Waals surface area contributed by atoms with Crippen molar-refractivity contribution in [1.82, 2.24) is 14.5 Å². The number of hydrogen-bond acceptors (Lipinski definition) is 6. The number of aryl methyl sites for hydroxylation is 2. The van der Waals surface area contributed by atoms with Gasteiger partial charge in [-0.1, -0.05) is 35.5 Å². The summed E-state index contributed by atoms with van der Waals surface area (Å²) >= 11 is 0. The maximum atomic E-state index is 13.0. The van der Waals surface area contributed by atoms with E-state index < -0.39 is 5.91 Å². The zero-order valence-corrected chi connectivity index (χ0v) is 20.4. The van der Waals surface area contributed by atoms with Crippen LogP contribution in [0.3, 0.4) is 0 Å². The molecule has 0 atom stereocenters. The Hall–Kier alpha value is -4.84. The zero-order valence-electron chi connectivity index (χ0n) is 20.4.